The highest BCUT2D eigenvalue weighted by molar-refractivity contribution is 4.88. The number of hydrogen-bond donors (Lipinski definition) is 3. The highest BCUT2D eigenvalue weighted by Gasteiger charge is 2.31. The average molecular weight is 229 g/mol. The SMILES string of the molecule is OC1COCC1NCC1(O)CCCCCC1. The predicted molar refractivity (Wildman–Crippen MR) is 61.3 cm³/mol. The van der Waals surface area contributed by atoms with E-state index in [1.165, 1.54) is 12.8 Å². The van der Waals surface area contributed by atoms with Crippen LogP contribution in [0.5, 0.6) is 0 Å². The molecule has 1 aliphatic carbocycles. The number of aliphatic hydroxyl groups excluding tert-OH is 1. The first kappa shape index (κ1) is 12.3. The van der Waals surface area contributed by atoms with Crippen LogP contribution in [0.3, 0.4) is 0 Å². The summed E-state index contributed by atoms with van der Waals surface area (Å²) in [6.07, 6.45) is 6.03. The van der Waals surface area contributed by atoms with E-state index < -0.39 is 11.7 Å². The summed E-state index contributed by atoms with van der Waals surface area (Å²) in [7, 11) is 0. The molecule has 0 aromatic rings. The van der Waals surface area contributed by atoms with E-state index in [0.717, 1.165) is 25.7 Å². The van der Waals surface area contributed by atoms with Crippen LogP contribution in [0.25, 0.3) is 0 Å². The number of nitrogens with one attached hydrogen (secondary N) is 1. The predicted octanol–water partition coefficient (Wildman–Crippen LogP) is 0.421. The summed E-state index contributed by atoms with van der Waals surface area (Å²) < 4.78 is 5.17. The van der Waals surface area contributed by atoms with Crippen LogP contribution < -0.4 is 5.32 Å². The minimum absolute atomic E-state index is 0.00715. The van der Waals surface area contributed by atoms with Crippen LogP contribution in [0.1, 0.15) is 38.5 Å². The second-order valence-corrected chi connectivity index (χ2v) is 5.23. The van der Waals surface area contributed by atoms with E-state index in [4.69, 9.17) is 4.74 Å². The van der Waals surface area contributed by atoms with Gasteiger partial charge in [0, 0.05) is 6.54 Å². The van der Waals surface area contributed by atoms with Crippen molar-refractivity contribution >= 4 is 0 Å². The summed E-state index contributed by atoms with van der Waals surface area (Å²) in [5, 5.41) is 23.2. The third-order valence-electron chi connectivity index (χ3n) is 3.78. The summed E-state index contributed by atoms with van der Waals surface area (Å²) in [6.45, 7) is 1.55. The lowest BCUT2D eigenvalue weighted by Gasteiger charge is -2.29. The van der Waals surface area contributed by atoms with Crippen molar-refractivity contribution in [2.75, 3.05) is 19.8 Å². The van der Waals surface area contributed by atoms with Crippen LogP contribution in [0.15, 0.2) is 0 Å². The first-order valence-electron chi connectivity index (χ1n) is 6.41. The molecule has 2 atom stereocenters. The third kappa shape index (κ3) is 3.17. The molecule has 94 valence electrons. The molecule has 0 aromatic carbocycles. The number of ether oxygens (including phenoxy) is 1. The molecule has 2 aliphatic rings. The Balaban J connectivity index is 1.78. The van der Waals surface area contributed by atoms with Crippen LogP contribution in [0, 0.1) is 0 Å². The minimum atomic E-state index is -0.571. The topological polar surface area (TPSA) is 61.7 Å². The van der Waals surface area contributed by atoms with Crippen LogP contribution >= 0.6 is 0 Å². The van der Waals surface area contributed by atoms with Gasteiger partial charge in [-0.25, -0.2) is 0 Å². The molecule has 4 nitrogen and oxygen atoms in total. The van der Waals surface area contributed by atoms with Crippen molar-refractivity contribution in [3.8, 4) is 0 Å². The molecule has 0 radical (unpaired) electrons. The minimum Gasteiger partial charge on any atom is -0.389 e. The summed E-state index contributed by atoms with van der Waals surface area (Å²) in [6, 6.07) is -0.00715. The quantitative estimate of drug-likeness (QED) is 0.614. The van der Waals surface area contributed by atoms with Gasteiger partial charge in [-0.05, 0) is 12.8 Å². The van der Waals surface area contributed by atoms with E-state index in [9.17, 15) is 10.2 Å². The van der Waals surface area contributed by atoms with Gasteiger partial charge in [-0.1, -0.05) is 25.7 Å². The molecule has 4 heteroatoms. The van der Waals surface area contributed by atoms with Gasteiger partial charge in [-0.3, -0.25) is 0 Å². The van der Waals surface area contributed by atoms with Crippen molar-refractivity contribution < 1.29 is 14.9 Å². The Labute approximate surface area is 97.0 Å². The standard InChI is InChI=1S/C12H23NO3/c14-11-8-16-7-10(11)13-9-12(15)5-3-1-2-4-6-12/h10-11,13-15H,1-9H2. The Morgan fingerprint density at radius 3 is 2.38 bits per heavy atom. The van der Waals surface area contributed by atoms with E-state index in [1.807, 2.05) is 0 Å². The molecular weight excluding hydrogens is 206 g/mol. The van der Waals surface area contributed by atoms with Crippen molar-refractivity contribution in [2.45, 2.75) is 56.3 Å². The zero-order valence-electron chi connectivity index (χ0n) is 9.82. The van der Waals surface area contributed by atoms with Gasteiger partial charge < -0.3 is 20.3 Å². The number of aliphatic hydroxyl groups is 2. The van der Waals surface area contributed by atoms with Gasteiger partial charge in [-0.15, -0.1) is 0 Å². The first-order chi connectivity index (χ1) is 7.70. The van der Waals surface area contributed by atoms with Crippen molar-refractivity contribution in [1.29, 1.82) is 0 Å². The van der Waals surface area contributed by atoms with Gasteiger partial charge in [0.1, 0.15) is 0 Å². The lowest BCUT2D eigenvalue weighted by Crippen LogP contribution is -2.48. The Kier molecular flexibility index (Phi) is 4.19. The van der Waals surface area contributed by atoms with Gasteiger partial charge in [0.05, 0.1) is 31.0 Å². The van der Waals surface area contributed by atoms with Crippen molar-refractivity contribution in [3.05, 3.63) is 0 Å². The maximum absolute atomic E-state index is 10.4. The van der Waals surface area contributed by atoms with E-state index in [0.29, 0.717) is 19.8 Å². The highest BCUT2D eigenvalue weighted by atomic mass is 16.5. The summed E-state index contributed by atoms with van der Waals surface area (Å²) in [4.78, 5) is 0. The zero-order valence-corrected chi connectivity index (χ0v) is 9.82. The van der Waals surface area contributed by atoms with E-state index in [2.05, 4.69) is 5.32 Å². The fourth-order valence-electron chi connectivity index (χ4n) is 2.62. The van der Waals surface area contributed by atoms with Crippen molar-refractivity contribution in [3.63, 3.8) is 0 Å². The molecule has 2 rings (SSSR count). The van der Waals surface area contributed by atoms with Gasteiger partial charge in [-0.2, -0.15) is 0 Å². The Morgan fingerprint density at radius 2 is 1.81 bits per heavy atom. The highest BCUT2D eigenvalue weighted by Crippen LogP contribution is 2.26. The maximum Gasteiger partial charge on any atom is 0.0948 e. The normalized spacial score (nSPS) is 34.9. The molecule has 2 fully saturated rings. The number of hydrogen-bond acceptors (Lipinski definition) is 4. The lowest BCUT2D eigenvalue weighted by atomic mass is 9.94. The molecule has 3 N–H and O–H groups in total. The van der Waals surface area contributed by atoms with Crippen LogP contribution in [0.2, 0.25) is 0 Å². The average Bonchev–Trinajstić information content (AvgIpc) is 2.54. The van der Waals surface area contributed by atoms with Crippen LogP contribution in [0.4, 0.5) is 0 Å². The molecule has 1 aliphatic heterocycles. The molecule has 0 amide bonds. The fraction of sp³-hybridized carbons (Fsp3) is 1.00. The smallest absolute Gasteiger partial charge is 0.0948 e. The van der Waals surface area contributed by atoms with E-state index in [1.54, 1.807) is 0 Å². The third-order valence-corrected chi connectivity index (χ3v) is 3.78. The molecule has 2 unspecified atom stereocenters. The Bertz CT molecular complexity index is 214. The Morgan fingerprint density at radius 1 is 1.12 bits per heavy atom. The molecule has 0 aromatic heterocycles. The molecule has 0 bridgehead atoms. The van der Waals surface area contributed by atoms with Crippen LogP contribution in [-0.4, -0.2) is 47.7 Å². The molecular formula is C12H23NO3. The van der Waals surface area contributed by atoms with E-state index in [-0.39, 0.29) is 6.04 Å². The van der Waals surface area contributed by atoms with Gasteiger partial charge in [0.25, 0.3) is 0 Å². The van der Waals surface area contributed by atoms with Gasteiger partial charge in [0.15, 0.2) is 0 Å². The monoisotopic (exact) mass is 229 g/mol. The summed E-state index contributed by atoms with van der Waals surface area (Å²) >= 11 is 0. The fourth-order valence-corrected chi connectivity index (χ4v) is 2.62. The molecule has 1 saturated heterocycles. The molecule has 16 heavy (non-hydrogen) atoms. The summed E-state index contributed by atoms with van der Waals surface area (Å²) in [5.41, 5.74) is -0.571. The maximum atomic E-state index is 10.4. The second kappa shape index (κ2) is 5.45. The summed E-state index contributed by atoms with van der Waals surface area (Å²) in [5.74, 6) is 0. The number of rotatable bonds is 3. The first-order valence-corrected chi connectivity index (χ1v) is 6.41. The van der Waals surface area contributed by atoms with Crippen LogP contribution in [-0.2, 0) is 4.74 Å². The zero-order chi connectivity index (χ0) is 11.4. The van der Waals surface area contributed by atoms with Crippen molar-refractivity contribution in [1.82, 2.24) is 5.32 Å². The second-order valence-electron chi connectivity index (χ2n) is 5.23. The van der Waals surface area contributed by atoms with E-state index >= 15 is 0 Å². The largest absolute Gasteiger partial charge is 0.389 e. The molecule has 0 spiro atoms. The molecule has 1 saturated carbocycles. The van der Waals surface area contributed by atoms with Gasteiger partial charge in [0.2, 0.25) is 0 Å². The molecule has 1 heterocycles. The Hall–Kier alpha value is -0.160. The lowest BCUT2D eigenvalue weighted by molar-refractivity contribution is 0.0190. The van der Waals surface area contributed by atoms with Crippen molar-refractivity contribution in [2.24, 2.45) is 0 Å². The van der Waals surface area contributed by atoms with Gasteiger partial charge >= 0.3 is 0 Å².